The van der Waals surface area contributed by atoms with Gasteiger partial charge in [-0.1, -0.05) is 25.1 Å². The molecule has 0 aliphatic rings. The Morgan fingerprint density at radius 3 is 2.62 bits per heavy atom. The molecule has 1 N–H and O–H groups in total. The molecule has 0 fully saturated rings. The number of hydrogen-bond donors (Lipinski definition) is 1. The smallest absolute Gasteiger partial charge is 0.231 e. The highest BCUT2D eigenvalue weighted by molar-refractivity contribution is 6.29. The number of ketones is 1. The molecule has 0 aromatic heterocycles. The van der Waals surface area contributed by atoms with Crippen LogP contribution in [0.3, 0.4) is 0 Å². The lowest BCUT2D eigenvalue weighted by Crippen LogP contribution is -2.17. The first-order chi connectivity index (χ1) is 7.67. The third kappa shape index (κ3) is 3.66. The predicted octanol–water partition coefficient (Wildman–Crippen LogP) is 2.39. The number of benzene rings is 1. The van der Waals surface area contributed by atoms with Crippen molar-refractivity contribution in [2.75, 3.05) is 11.2 Å². The van der Waals surface area contributed by atoms with E-state index in [1.807, 2.05) is 31.2 Å². The van der Waals surface area contributed by atoms with Crippen molar-refractivity contribution in [3.8, 4) is 0 Å². The summed E-state index contributed by atoms with van der Waals surface area (Å²) < 4.78 is 0. The number of alkyl halides is 1. The summed E-state index contributed by atoms with van der Waals surface area (Å²) in [7, 11) is 0. The largest absolute Gasteiger partial charge is 0.325 e. The van der Waals surface area contributed by atoms with Gasteiger partial charge >= 0.3 is 0 Å². The quantitative estimate of drug-likeness (QED) is 0.634. The molecule has 0 aliphatic carbocycles. The van der Waals surface area contributed by atoms with E-state index in [1.165, 1.54) is 0 Å². The highest BCUT2D eigenvalue weighted by Gasteiger charge is 2.09. The summed E-state index contributed by atoms with van der Waals surface area (Å²) in [5, 5.41) is 2.71. The number of carbonyl (C=O) groups is 2. The molecular weight excluding hydrogens is 226 g/mol. The summed E-state index contributed by atoms with van der Waals surface area (Å²) in [6, 6.07) is 7.53. The van der Waals surface area contributed by atoms with E-state index in [-0.39, 0.29) is 24.0 Å². The summed E-state index contributed by atoms with van der Waals surface area (Å²) in [6.07, 6.45) is 0.668. The van der Waals surface area contributed by atoms with Gasteiger partial charge in [0.25, 0.3) is 0 Å². The van der Waals surface area contributed by atoms with Crippen LogP contribution < -0.4 is 5.32 Å². The van der Waals surface area contributed by atoms with Crippen LogP contribution in [0.4, 0.5) is 5.69 Å². The van der Waals surface area contributed by atoms with Crippen LogP contribution in [0.2, 0.25) is 0 Å². The van der Waals surface area contributed by atoms with Crippen LogP contribution in [-0.2, 0) is 16.0 Å². The second-order valence-corrected chi connectivity index (χ2v) is 3.68. The van der Waals surface area contributed by atoms with Gasteiger partial charge in [0.15, 0.2) is 5.78 Å². The van der Waals surface area contributed by atoms with Gasteiger partial charge in [0.05, 0.1) is 12.3 Å². The molecule has 4 heteroatoms. The van der Waals surface area contributed by atoms with Crippen molar-refractivity contribution in [2.45, 2.75) is 19.8 Å². The molecule has 86 valence electrons. The Morgan fingerprint density at radius 1 is 1.31 bits per heavy atom. The molecule has 0 bridgehead atoms. The fourth-order valence-electron chi connectivity index (χ4n) is 1.37. The highest BCUT2D eigenvalue weighted by Crippen LogP contribution is 2.15. The first-order valence-electron chi connectivity index (χ1n) is 5.12. The number of Topliss-reactive ketones (excluding diaryl/α,β-unsaturated/α-hetero) is 1. The van der Waals surface area contributed by atoms with E-state index in [0.29, 0.717) is 0 Å². The van der Waals surface area contributed by atoms with Crippen molar-refractivity contribution in [1.82, 2.24) is 0 Å². The Morgan fingerprint density at radius 2 is 2.00 bits per heavy atom. The van der Waals surface area contributed by atoms with Crippen LogP contribution in [0, 0.1) is 0 Å². The fraction of sp³-hybridized carbons (Fsp3) is 0.333. The van der Waals surface area contributed by atoms with Gasteiger partial charge in [-0.3, -0.25) is 9.59 Å². The van der Waals surface area contributed by atoms with Gasteiger partial charge in [-0.2, -0.15) is 0 Å². The number of nitrogens with one attached hydrogen (secondary N) is 1. The summed E-state index contributed by atoms with van der Waals surface area (Å²) in [4.78, 5) is 22.4. The van der Waals surface area contributed by atoms with Gasteiger partial charge in [-0.05, 0) is 18.1 Å². The molecule has 3 nitrogen and oxygen atoms in total. The number of halogens is 1. The third-order valence-electron chi connectivity index (χ3n) is 2.18. The van der Waals surface area contributed by atoms with E-state index in [9.17, 15) is 9.59 Å². The Balaban J connectivity index is 2.65. The van der Waals surface area contributed by atoms with Crippen molar-refractivity contribution in [3.63, 3.8) is 0 Å². The number of aryl methyl sites for hydroxylation is 1. The molecule has 1 amide bonds. The summed E-state index contributed by atoms with van der Waals surface area (Å²) >= 11 is 5.33. The molecule has 0 unspecified atom stereocenters. The molecule has 0 spiro atoms. The van der Waals surface area contributed by atoms with Crippen molar-refractivity contribution < 1.29 is 9.59 Å². The third-order valence-corrected chi connectivity index (χ3v) is 2.48. The Labute approximate surface area is 99.8 Å². The van der Waals surface area contributed by atoms with Crippen molar-refractivity contribution >= 4 is 29.0 Å². The normalized spacial score (nSPS) is 9.88. The van der Waals surface area contributed by atoms with Gasteiger partial charge in [-0.25, -0.2) is 0 Å². The predicted molar refractivity (Wildman–Crippen MR) is 64.8 cm³/mol. The van der Waals surface area contributed by atoms with Crippen LogP contribution in [-0.4, -0.2) is 17.6 Å². The number of para-hydroxylation sites is 1. The molecule has 0 saturated heterocycles. The maximum atomic E-state index is 11.5. The lowest BCUT2D eigenvalue weighted by molar-refractivity contribution is -0.124. The molecule has 0 radical (unpaired) electrons. The van der Waals surface area contributed by atoms with E-state index >= 15 is 0 Å². The number of rotatable bonds is 5. The second kappa shape index (κ2) is 6.28. The summed E-state index contributed by atoms with van der Waals surface area (Å²) in [5.41, 5.74) is 1.81. The molecule has 16 heavy (non-hydrogen) atoms. The number of hydrogen-bond acceptors (Lipinski definition) is 2. The van der Waals surface area contributed by atoms with Crippen molar-refractivity contribution in [3.05, 3.63) is 29.8 Å². The van der Waals surface area contributed by atoms with Gasteiger partial charge in [0, 0.05) is 5.69 Å². The molecule has 0 heterocycles. The van der Waals surface area contributed by atoms with E-state index in [2.05, 4.69) is 5.32 Å². The molecular formula is C12H14ClNO2. The molecule has 0 saturated carbocycles. The SMILES string of the molecule is CCc1ccccc1NC(=O)CC(=O)CCl. The molecule has 1 aromatic rings. The zero-order chi connectivity index (χ0) is 12.0. The zero-order valence-electron chi connectivity index (χ0n) is 9.13. The fourth-order valence-corrected chi connectivity index (χ4v) is 1.47. The summed E-state index contributed by atoms with van der Waals surface area (Å²) in [6.45, 7) is 2.01. The van der Waals surface area contributed by atoms with Gasteiger partial charge in [-0.15, -0.1) is 11.6 Å². The molecule has 0 atom stereocenters. The number of carbonyl (C=O) groups excluding carboxylic acids is 2. The average molecular weight is 240 g/mol. The Kier molecular flexibility index (Phi) is 4.99. The molecule has 0 aliphatic heterocycles. The standard InChI is InChI=1S/C12H14ClNO2/c1-2-9-5-3-4-6-11(9)14-12(16)7-10(15)8-13/h3-6H,2,7-8H2,1H3,(H,14,16). The molecule has 1 aromatic carbocycles. The van der Waals surface area contributed by atoms with Gasteiger partial charge in [0.2, 0.25) is 5.91 Å². The summed E-state index contributed by atoms with van der Waals surface area (Å²) in [5.74, 6) is -0.706. The second-order valence-electron chi connectivity index (χ2n) is 3.41. The van der Waals surface area contributed by atoms with E-state index in [1.54, 1.807) is 0 Å². The van der Waals surface area contributed by atoms with Crippen LogP contribution in [0.15, 0.2) is 24.3 Å². The monoisotopic (exact) mass is 239 g/mol. The van der Waals surface area contributed by atoms with Crippen LogP contribution in [0.1, 0.15) is 18.9 Å². The lowest BCUT2D eigenvalue weighted by Gasteiger charge is -2.08. The Hall–Kier alpha value is -1.35. The highest BCUT2D eigenvalue weighted by atomic mass is 35.5. The lowest BCUT2D eigenvalue weighted by atomic mass is 10.1. The van der Waals surface area contributed by atoms with Crippen LogP contribution >= 0.6 is 11.6 Å². The number of amides is 1. The van der Waals surface area contributed by atoms with Crippen molar-refractivity contribution in [1.29, 1.82) is 0 Å². The maximum absolute atomic E-state index is 11.5. The number of anilines is 1. The minimum Gasteiger partial charge on any atom is -0.325 e. The van der Waals surface area contributed by atoms with Crippen LogP contribution in [0.5, 0.6) is 0 Å². The maximum Gasteiger partial charge on any atom is 0.231 e. The molecule has 1 rings (SSSR count). The van der Waals surface area contributed by atoms with Gasteiger partial charge in [0.1, 0.15) is 0 Å². The van der Waals surface area contributed by atoms with E-state index in [4.69, 9.17) is 11.6 Å². The zero-order valence-corrected chi connectivity index (χ0v) is 9.88. The Bertz CT molecular complexity index is 390. The minimum atomic E-state index is -0.313. The van der Waals surface area contributed by atoms with Crippen molar-refractivity contribution in [2.24, 2.45) is 0 Å². The van der Waals surface area contributed by atoms with E-state index in [0.717, 1.165) is 17.7 Å². The van der Waals surface area contributed by atoms with E-state index < -0.39 is 0 Å². The minimum absolute atomic E-state index is 0.122. The topological polar surface area (TPSA) is 46.2 Å². The first-order valence-corrected chi connectivity index (χ1v) is 5.66. The average Bonchev–Trinajstić information content (AvgIpc) is 2.29. The van der Waals surface area contributed by atoms with Gasteiger partial charge < -0.3 is 5.32 Å². The first kappa shape index (κ1) is 12.7. The van der Waals surface area contributed by atoms with Crippen LogP contribution in [0.25, 0.3) is 0 Å².